The average Bonchev–Trinajstić information content (AvgIpc) is 2.43. The number of urea groups is 1. The number of rotatable bonds is 5. The maximum absolute atomic E-state index is 11.8. The maximum Gasteiger partial charge on any atom is 0.317 e. The minimum atomic E-state index is -0.199. The first kappa shape index (κ1) is 15.3. The van der Waals surface area contributed by atoms with E-state index < -0.39 is 0 Å². The third-order valence-corrected chi connectivity index (χ3v) is 3.15. The monoisotopic (exact) mass is 266 g/mol. The molecule has 0 aromatic heterocycles. The fraction of sp³-hybridized carbons (Fsp3) is 0.500. The molecule has 0 saturated heterocycles. The molecule has 0 radical (unpaired) electrons. The van der Waals surface area contributed by atoms with E-state index in [1.54, 1.807) is 21.1 Å². The summed E-state index contributed by atoms with van der Waals surface area (Å²) in [4.78, 5) is 13.3. The molecule has 0 aliphatic carbocycles. The molecule has 1 atom stereocenters. The number of hydrogen-bond acceptors (Lipinski definition) is 3. The van der Waals surface area contributed by atoms with Crippen molar-refractivity contribution in [3.05, 3.63) is 29.3 Å². The summed E-state index contributed by atoms with van der Waals surface area (Å²) in [6.45, 7) is 4.15. The molecule has 0 spiro atoms. The van der Waals surface area contributed by atoms with E-state index in [9.17, 15) is 4.79 Å². The molecule has 0 heterocycles. The van der Waals surface area contributed by atoms with Crippen molar-refractivity contribution >= 4 is 6.03 Å². The smallest absolute Gasteiger partial charge is 0.317 e. The predicted octanol–water partition coefficient (Wildman–Crippen LogP) is 1.53. The fourth-order valence-electron chi connectivity index (χ4n) is 1.68. The summed E-state index contributed by atoms with van der Waals surface area (Å²) in [5.74, 6) is 0.834. The van der Waals surface area contributed by atoms with Crippen LogP contribution in [0.3, 0.4) is 0 Å². The number of likely N-dealkylation sites (N-methyl/N-ethyl adjacent to an activating group) is 1. The Hall–Kier alpha value is -1.75. The molecule has 19 heavy (non-hydrogen) atoms. The van der Waals surface area contributed by atoms with Crippen LogP contribution in [0.25, 0.3) is 0 Å². The van der Waals surface area contributed by atoms with Gasteiger partial charge in [-0.15, -0.1) is 0 Å². The van der Waals surface area contributed by atoms with Gasteiger partial charge in [-0.2, -0.15) is 0 Å². The van der Waals surface area contributed by atoms with Gasteiger partial charge in [-0.3, -0.25) is 0 Å². The topological polar surface area (TPSA) is 61.8 Å². The number of methoxy groups -OCH3 is 1. The normalized spacial score (nSPS) is 11.8. The third-order valence-electron chi connectivity index (χ3n) is 3.15. The molecule has 1 aromatic rings. The summed E-state index contributed by atoms with van der Waals surface area (Å²) < 4.78 is 5.19. The number of nitrogens with one attached hydrogen (secondary N) is 1. The summed E-state index contributed by atoms with van der Waals surface area (Å²) in [5.41, 5.74) is 2.04. The van der Waals surface area contributed by atoms with E-state index in [1.807, 2.05) is 25.1 Å². The first-order valence-corrected chi connectivity index (χ1v) is 6.24. The van der Waals surface area contributed by atoms with Crippen molar-refractivity contribution < 1.29 is 14.6 Å². The number of aliphatic hydroxyl groups excluding tert-OH is 1. The van der Waals surface area contributed by atoms with E-state index >= 15 is 0 Å². The fourth-order valence-corrected chi connectivity index (χ4v) is 1.68. The Labute approximate surface area is 114 Å². The van der Waals surface area contributed by atoms with Gasteiger partial charge in [0.05, 0.1) is 19.8 Å². The van der Waals surface area contributed by atoms with Crippen LogP contribution in [0.5, 0.6) is 5.75 Å². The Bertz CT molecular complexity index is 435. The number of carbonyl (C=O) groups is 1. The van der Waals surface area contributed by atoms with Crippen LogP contribution >= 0.6 is 0 Å². The van der Waals surface area contributed by atoms with Gasteiger partial charge >= 0.3 is 6.03 Å². The lowest BCUT2D eigenvalue weighted by atomic mass is 10.1. The van der Waals surface area contributed by atoms with Crippen LogP contribution in [0.4, 0.5) is 4.79 Å². The van der Waals surface area contributed by atoms with E-state index in [4.69, 9.17) is 9.84 Å². The highest BCUT2D eigenvalue weighted by Gasteiger charge is 2.14. The number of benzene rings is 1. The van der Waals surface area contributed by atoms with E-state index in [2.05, 4.69) is 5.32 Å². The molecule has 0 aliphatic heterocycles. The second-order valence-corrected chi connectivity index (χ2v) is 4.61. The van der Waals surface area contributed by atoms with Gasteiger partial charge in [0.2, 0.25) is 0 Å². The van der Waals surface area contributed by atoms with Gasteiger partial charge in [-0.25, -0.2) is 4.79 Å². The lowest BCUT2D eigenvalue weighted by Gasteiger charge is -2.23. The average molecular weight is 266 g/mol. The summed E-state index contributed by atoms with van der Waals surface area (Å²) in [7, 11) is 3.30. The largest absolute Gasteiger partial charge is 0.496 e. The lowest BCUT2D eigenvalue weighted by molar-refractivity contribution is 0.157. The quantitative estimate of drug-likeness (QED) is 0.849. The Morgan fingerprint density at radius 2 is 2.21 bits per heavy atom. The van der Waals surface area contributed by atoms with Crippen molar-refractivity contribution in [3.8, 4) is 5.75 Å². The molecule has 0 aliphatic rings. The molecule has 2 N–H and O–H groups in total. The molecule has 0 fully saturated rings. The minimum Gasteiger partial charge on any atom is -0.496 e. The number of carbonyl (C=O) groups excluding carboxylic acids is 1. The summed E-state index contributed by atoms with van der Waals surface area (Å²) in [6, 6.07) is 5.39. The minimum absolute atomic E-state index is 0.0500. The zero-order valence-corrected chi connectivity index (χ0v) is 11.9. The highest BCUT2D eigenvalue weighted by Crippen LogP contribution is 2.18. The van der Waals surface area contributed by atoms with Crippen LogP contribution in [-0.2, 0) is 6.54 Å². The van der Waals surface area contributed by atoms with Crippen LogP contribution in [0, 0.1) is 6.92 Å². The van der Waals surface area contributed by atoms with E-state index in [1.165, 1.54) is 4.90 Å². The molecule has 1 aromatic carbocycles. The van der Waals surface area contributed by atoms with E-state index in [0.717, 1.165) is 16.9 Å². The third kappa shape index (κ3) is 4.13. The van der Waals surface area contributed by atoms with E-state index in [0.29, 0.717) is 6.54 Å². The molecule has 5 nitrogen and oxygen atoms in total. The molecule has 0 saturated carbocycles. The molecule has 1 rings (SSSR count). The van der Waals surface area contributed by atoms with Crippen molar-refractivity contribution in [2.24, 2.45) is 0 Å². The second-order valence-electron chi connectivity index (χ2n) is 4.61. The van der Waals surface area contributed by atoms with Gasteiger partial charge in [0.1, 0.15) is 5.75 Å². The SMILES string of the molecule is COc1ccc(CNC(=O)N(C)C(C)CO)cc1C. The standard InChI is InChI=1S/C14H22N2O3/c1-10-7-12(5-6-13(10)19-4)8-15-14(18)16(3)11(2)9-17/h5-7,11,17H,8-9H2,1-4H3,(H,15,18). The number of aryl methyl sites for hydroxylation is 1. The highest BCUT2D eigenvalue weighted by molar-refractivity contribution is 5.74. The number of amides is 2. The predicted molar refractivity (Wildman–Crippen MR) is 74.3 cm³/mol. The van der Waals surface area contributed by atoms with Crippen molar-refractivity contribution in [2.45, 2.75) is 26.4 Å². The molecule has 106 valence electrons. The number of nitrogens with zero attached hydrogens (tertiary/aromatic N) is 1. The molecular weight excluding hydrogens is 244 g/mol. The Morgan fingerprint density at radius 3 is 2.74 bits per heavy atom. The maximum atomic E-state index is 11.8. The van der Waals surface area contributed by atoms with Crippen molar-refractivity contribution in [3.63, 3.8) is 0 Å². The summed E-state index contributed by atoms with van der Waals surface area (Å²) >= 11 is 0. The first-order chi connectivity index (χ1) is 8.99. The Balaban J connectivity index is 2.57. The molecule has 1 unspecified atom stereocenters. The Morgan fingerprint density at radius 1 is 1.53 bits per heavy atom. The Kier molecular flexibility index (Phi) is 5.63. The van der Waals surface area contributed by atoms with Crippen LogP contribution in [-0.4, -0.2) is 42.8 Å². The lowest BCUT2D eigenvalue weighted by Crippen LogP contribution is -2.43. The highest BCUT2D eigenvalue weighted by atomic mass is 16.5. The van der Waals surface area contributed by atoms with Gasteiger partial charge in [0.15, 0.2) is 0 Å². The molecule has 0 bridgehead atoms. The number of aliphatic hydroxyl groups is 1. The molecular formula is C14H22N2O3. The summed E-state index contributed by atoms with van der Waals surface area (Å²) in [6.07, 6.45) is 0. The number of ether oxygens (including phenoxy) is 1. The molecule has 2 amide bonds. The van der Waals surface area contributed by atoms with Crippen molar-refractivity contribution in [2.75, 3.05) is 20.8 Å². The van der Waals surface area contributed by atoms with Gasteiger partial charge in [-0.1, -0.05) is 12.1 Å². The van der Waals surface area contributed by atoms with Gasteiger partial charge < -0.3 is 20.1 Å². The van der Waals surface area contributed by atoms with Crippen LogP contribution < -0.4 is 10.1 Å². The van der Waals surface area contributed by atoms with Gasteiger partial charge in [-0.05, 0) is 31.0 Å². The van der Waals surface area contributed by atoms with Gasteiger partial charge in [0, 0.05) is 13.6 Å². The number of hydrogen-bond donors (Lipinski definition) is 2. The van der Waals surface area contributed by atoms with Crippen molar-refractivity contribution in [1.82, 2.24) is 10.2 Å². The first-order valence-electron chi connectivity index (χ1n) is 6.24. The second kappa shape index (κ2) is 6.99. The van der Waals surface area contributed by atoms with Crippen LogP contribution in [0.15, 0.2) is 18.2 Å². The van der Waals surface area contributed by atoms with Crippen LogP contribution in [0.1, 0.15) is 18.1 Å². The van der Waals surface area contributed by atoms with E-state index in [-0.39, 0.29) is 18.7 Å². The van der Waals surface area contributed by atoms with Crippen molar-refractivity contribution in [1.29, 1.82) is 0 Å². The molecule has 5 heteroatoms. The zero-order valence-electron chi connectivity index (χ0n) is 11.9. The van der Waals surface area contributed by atoms with Gasteiger partial charge in [0.25, 0.3) is 0 Å². The summed E-state index contributed by atoms with van der Waals surface area (Å²) in [5, 5.41) is 11.8. The zero-order chi connectivity index (χ0) is 14.4. The van der Waals surface area contributed by atoms with Crippen LogP contribution in [0.2, 0.25) is 0 Å².